The number of phenols is 1. The minimum absolute atomic E-state index is 0.0754. The topological polar surface area (TPSA) is 29.5 Å². The van der Waals surface area contributed by atoms with Crippen LogP contribution in [0.3, 0.4) is 0 Å². The number of alkyl halides is 3. The number of rotatable bonds is 4. The Bertz CT molecular complexity index is 386. The first-order valence-electron chi connectivity index (χ1n) is 5.40. The number of phenolic OH excluding ortho intramolecular Hbond substituents is 1. The second-order valence-electron chi connectivity index (χ2n) is 3.79. The van der Waals surface area contributed by atoms with Gasteiger partial charge in [-0.15, -0.1) is 0 Å². The SMILES string of the molecule is CCCCOc1c(O)ccc(C(F)(F)F)c1C. The van der Waals surface area contributed by atoms with Crippen molar-refractivity contribution in [2.45, 2.75) is 32.9 Å². The fourth-order valence-electron chi connectivity index (χ4n) is 1.49. The van der Waals surface area contributed by atoms with Crippen molar-refractivity contribution in [3.05, 3.63) is 23.3 Å². The average Bonchev–Trinajstić information content (AvgIpc) is 2.21. The molecule has 0 saturated carbocycles. The molecule has 1 N–H and O–H groups in total. The van der Waals surface area contributed by atoms with Crippen LogP contribution in [-0.4, -0.2) is 11.7 Å². The quantitative estimate of drug-likeness (QED) is 0.819. The summed E-state index contributed by atoms with van der Waals surface area (Å²) in [6.45, 7) is 3.54. The molecule has 5 heteroatoms. The molecule has 0 spiro atoms. The van der Waals surface area contributed by atoms with Crippen molar-refractivity contribution >= 4 is 0 Å². The smallest absolute Gasteiger partial charge is 0.416 e. The minimum atomic E-state index is -4.43. The van der Waals surface area contributed by atoms with E-state index in [1.165, 1.54) is 6.92 Å². The summed E-state index contributed by atoms with van der Waals surface area (Å²) in [5, 5.41) is 9.49. The first-order chi connectivity index (χ1) is 7.88. The normalized spacial score (nSPS) is 11.6. The molecule has 0 atom stereocenters. The van der Waals surface area contributed by atoms with Crippen molar-refractivity contribution in [1.29, 1.82) is 0 Å². The maximum Gasteiger partial charge on any atom is 0.416 e. The highest BCUT2D eigenvalue weighted by molar-refractivity contribution is 5.50. The van der Waals surface area contributed by atoms with Gasteiger partial charge in [0.1, 0.15) is 0 Å². The number of benzene rings is 1. The summed E-state index contributed by atoms with van der Waals surface area (Å²) < 4.78 is 43.0. The molecule has 17 heavy (non-hydrogen) atoms. The van der Waals surface area contributed by atoms with E-state index >= 15 is 0 Å². The van der Waals surface area contributed by atoms with Crippen LogP contribution in [-0.2, 0) is 6.18 Å². The van der Waals surface area contributed by atoms with Crippen LogP contribution in [0.5, 0.6) is 11.5 Å². The number of aromatic hydroxyl groups is 1. The lowest BCUT2D eigenvalue weighted by Crippen LogP contribution is -2.09. The number of unbranched alkanes of at least 4 members (excludes halogenated alkanes) is 1. The van der Waals surface area contributed by atoms with Crippen molar-refractivity contribution < 1.29 is 23.0 Å². The summed E-state index contributed by atoms with van der Waals surface area (Å²) in [5.41, 5.74) is -0.851. The third-order valence-electron chi connectivity index (χ3n) is 2.43. The molecule has 1 rings (SSSR count). The molecule has 1 aromatic rings. The summed E-state index contributed by atoms with van der Waals surface area (Å²) >= 11 is 0. The minimum Gasteiger partial charge on any atom is -0.504 e. The maximum atomic E-state index is 12.6. The lowest BCUT2D eigenvalue weighted by atomic mass is 10.1. The van der Waals surface area contributed by atoms with Gasteiger partial charge in [-0.1, -0.05) is 13.3 Å². The van der Waals surface area contributed by atoms with Crippen LogP contribution < -0.4 is 4.74 Å². The Morgan fingerprint density at radius 2 is 1.94 bits per heavy atom. The Morgan fingerprint density at radius 1 is 1.29 bits per heavy atom. The zero-order chi connectivity index (χ0) is 13.1. The summed E-state index contributed by atoms with van der Waals surface area (Å²) in [5.74, 6) is -0.333. The second-order valence-corrected chi connectivity index (χ2v) is 3.79. The third kappa shape index (κ3) is 3.28. The van der Waals surface area contributed by atoms with Gasteiger partial charge >= 0.3 is 6.18 Å². The highest BCUT2D eigenvalue weighted by Gasteiger charge is 2.34. The van der Waals surface area contributed by atoms with E-state index in [-0.39, 0.29) is 17.1 Å². The van der Waals surface area contributed by atoms with Crippen LogP contribution in [0.2, 0.25) is 0 Å². The molecule has 0 aliphatic rings. The van der Waals surface area contributed by atoms with Gasteiger partial charge in [-0.05, 0) is 25.5 Å². The Kier molecular flexibility index (Phi) is 4.26. The van der Waals surface area contributed by atoms with Gasteiger partial charge in [0.15, 0.2) is 11.5 Å². The molecule has 2 nitrogen and oxygen atoms in total. The van der Waals surface area contributed by atoms with Crippen LogP contribution in [0, 0.1) is 6.92 Å². The fraction of sp³-hybridized carbons (Fsp3) is 0.500. The van der Waals surface area contributed by atoms with Crippen LogP contribution in [0.15, 0.2) is 12.1 Å². The molecule has 0 aliphatic heterocycles. The van der Waals surface area contributed by atoms with Gasteiger partial charge in [0.05, 0.1) is 12.2 Å². The number of hydrogen-bond donors (Lipinski definition) is 1. The third-order valence-corrected chi connectivity index (χ3v) is 2.43. The predicted octanol–water partition coefficient (Wildman–Crippen LogP) is 3.90. The molecule has 96 valence electrons. The molecular weight excluding hydrogens is 233 g/mol. The monoisotopic (exact) mass is 248 g/mol. The molecular formula is C12H15F3O2. The Labute approximate surface area is 98.0 Å². The summed E-state index contributed by atoms with van der Waals surface area (Å²) in [6.07, 6.45) is -2.82. The molecule has 0 heterocycles. The Morgan fingerprint density at radius 3 is 2.47 bits per heavy atom. The second kappa shape index (κ2) is 5.29. The number of hydrogen-bond acceptors (Lipinski definition) is 2. The van der Waals surface area contributed by atoms with Crippen LogP contribution in [0.25, 0.3) is 0 Å². The van der Waals surface area contributed by atoms with Gasteiger partial charge in [0, 0.05) is 5.56 Å². The Hall–Kier alpha value is -1.39. The molecule has 0 aromatic heterocycles. The van der Waals surface area contributed by atoms with Crippen LogP contribution >= 0.6 is 0 Å². The van der Waals surface area contributed by atoms with E-state index in [0.717, 1.165) is 25.0 Å². The van der Waals surface area contributed by atoms with Crippen LogP contribution in [0.4, 0.5) is 13.2 Å². The van der Waals surface area contributed by atoms with Crippen molar-refractivity contribution in [3.8, 4) is 11.5 Å². The van der Waals surface area contributed by atoms with E-state index in [4.69, 9.17) is 4.74 Å². The highest BCUT2D eigenvalue weighted by Crippen LogP contribution is 2.39. The van der Waals surface area contributed by atoms with Crippen LogP contribution in [0.1, 0.15) is 30.9 Å². The summed E-state index contributed by atoms with van der Waals surface area (Å²) in [6, 6.07) is 1.87. The van der Waals surface area contributed by atoms with E-state index in [1.54, 1.807) is 0 Å². The zero-order valence-corrected chi connectivity index (χ0v) is 9.77. The molecule has 0 unspecified atom stereocenters. The van der Waals surface area contributed by atoms with E-state index < -0.39 is 11.7 Å². The summed E-state index contributed by atoms with van der Waals surface area (Å²) in [4.78, 5) is 0. The van der Waals surface area contributed by atoms with Gasteiger partial charge in [0.2, 0.25) is 0 Å². The van der Waals surface area contributed by atoms with Gasteiger partial charge < -0.3 is 9.84 Å². The highest BCUT2D eigenvalue weighted by atomic mass is 19.4. The van der Waals surface area contributed by atoms with E-state index in [0.29, 0.717) is 6.61 Å². The number of ether oxygens (including phenoxy) is 1. The van der Waals surface area contributed by atoms with Gasteiger partial charge in [0.25, 0.3) is 0 Å². The lowest BCUT2D eigenvalue weighted by molar-refractivity contribution is -0.138. The maximum absolute atomic E-state index is 12.6. The van der Waals surface area contributed by atoms with Gasteiger partial charge in [-0.2, -0.15) is 13.2 Å². The number of halogens is 3. The van der Waals surface area contributed by atoms with Crippen molar-refractivity contribution in [2.75, 3.05) is 6.61 Å². The average molecular weight is 248 g/mol. The van der Waals surface area contributed by atoms with Crippen molar-refractivity contribution in [1.82, 2.24) is 0 Å². The Balaban J connectivity index is 3.03. The molecule has 0 saturated heterocycles. The first kappa shape index (κ1) is 13.7. The largest absolute Gasteiger partial charge is 0.504 e. The van der Waals surface area contributed by atoms with E-state index in [2.05, 4.69) is 0 Å². The first-order valence-corrected chi connectivity index (χ1v) is 5.40. The molecule has 0 radical (unpaired) electrons. The molecule has 1 aromatic carbocycles. The van der Waals surface area contributed by atoms with Gasteiger partial charge in [-0.25, -0.2) is 0 Å². The van der Waals surface area contributed by atoms with Crippen molar-refractivity contribution in [2.24, 2.45) is 0 Å². The summed E-state index contributed by atoms with van der Waals surface area (Å²) in [7, 11) is 0. The molecule has 0 bridgehead atoms. The molecule has 0 fully saturated rings. The fourth-order valence-corrected chi connectivity index (χ4v) is 1.49. The predicted molar refractivity (Wildman–Crippen MR) is 58.2 cm³/mol. The molecule has 0 amide bonds. The standard InChI is InChI=1S/C12H15F3O2/c1-3-4-7-17-11-8(2)9(12(13,14)15)5-6-10(11)16/h5-6,16H,3-4,7H2,1-2H3. The van der Waals surface area contributed by atoms with Gasteiger partial charge in [-0.3, -0.25) is 0 Å². The lowest BCUT2D eigenvalue weighted by Gasteiger charge is -2.15. The van der Waals surface area contributed by atoms with E-state index in [1.807, 2.05) is 6.92 Å². The van der Waals surface area contributed by atoms with Crippen molar-refractivity contribution in [3.63, 3.8) is 0 Å². The zero-order valence-electron chi connectivity index (χ0n) is 9.77. The van der Waals surface area contributed by atoms with E-state index in [9.17, 15) is 18.3 Å². The molecule has 0 aliphatic carbocycles.